The Bertz CT molecular complexity index is 603. The third-order valence-corrected chi connectivity index (χ3v) is 3.76. The number of hydrogen-bond acceptors (Lipinski definition) is 6. The lowest BCUT2D eigenvalue weighted by Crippen LogP contribution is -2.28. The molecule has 0 aliphatic carbocycles. The number of nitrogens with one attached hydrogen (secondary N) is 3. The quantitative estimate of drug-likeness (QED) is 0.673. The van der Waals surface area contributed by atoms with E-state index in [9.17, 15) is 8.42 Å². The maximum Gasteiger partial charge on any atom is 0.258 e. The van der Waals surface area contributed by atoms with Crippen LogP contribution in [0.25, 0.3) is 0 Å². The van der Waals surface area contributed by atoms with Gasteiger partial charge < -0.3 is 4.98 Å². The van der Waals surface area contributed by atoms with Crippen molar-refractivity contribution in [1.29, 1.82) is 0 Å². The van der Waals surface area contributed by atoms with E-state index in [0.717, 1.165) is 0 Å². The van der Waals surface area contributed by atoms with E-state index in [0.29, 0.717) is 12.2 Å². The first-order chi connectivity index (χ1) is 8.53. The van der Waals surface area contributed by atoms with Crippen molar-refractivity contribution in [3.8, 4) is 0 Å². The zero-order valence-electron chi connectivity index (χ0n) is 9.88. The standard InChI is InChI=1S/C8H13N7O2S/c1-3-6-9-4-7(10-6)18(16,17)13-5(2)8-11-14-15-12-8/h4-5,13H,3H2,1-2H3,(H,9,10)(H,11,12,14,15). The van der Waals surface area contributed by atoms with Crippen molar-refractivity contribution >= 4 is 10.0 Å². The number of imidazole rings is 1. The van der Waals surface area contributed by atoms with E-state index in [4.69, 9.17) is 0 Å². The minimum Gasteiger partial charge on any atom is -0.332 e. The Morgan fingerprint density at radius 3 is 2.83 bits per heavy atom. The Hall–Kier alpha value is -1.81. The average Bonchev–Trinajstić information content (AvgIpc) is 3.00. The summed E-state index contributed by atoms with van der Waals surface area (Å²) in [6.45, 7) is 3.50. The van der Waals surface area contributed by atoms with Gasteiger partial charge in [0.15, 0.2) is 10.9 Å². The van der Waals surface area contributed by atoms with Crippen LogP contribution in [0.15, 0.2) is 11.2 Å². The zero-order chi connectivity index (χ0) is 13.2. The van der Waals surface area contributed by atoms with Gasteiger partial charge in [0, 0.05) is 6.42 Å². The van der Waals surface area contributed by atoms with Crippen LogP contribution in [-0.4, -0.2) is 39.0 Å². The molecule has 9 nitrogen and oxygen atoms in total. The van der Waals surface area contributed by atoms with Gasteiger partial charge in [-0.3, -0.25) is 0 Å². The Morgan fingerprint density at radius 2 is 2.28 bits per heavy atom. The van der Waals surface area contributed by atoms with E-state index in [1.807, 2.05) is 6.92 Å². The number of aromatic nitrogens is 6. The maximum absolute atomic E-state index is 12.0. The summed E-state index contributed by atoms with van der Waals surface area (Å²) in [5.41, 5.74) is 0. The molecular formula is C8H13N7O2S. The Kier molecular flexibility index (Phi) is 3.39. The van der Waals surface area contributed by atoms with Crippen LogP contribution in [-0.2, 0) is 16.4 Å². The van der Waals surface area contributed by atoms with Gasteiger partial charge in [-0.2, -0.15) is 9.94 Å². The maximum atomic E-state index is 12.0. The van der Waals surface area contributed by atoms with Crippen LogP contribution >= 0.6 is 0 Å². The van der Waals surface area contributed by atoms with Crippen LogP contribution in [0.5, 0.6) is 0 Å². The molecular weight excluding hydrogens is 258 g/mol. The summed E-state index contributed by atoms with van der Waals surface area (Å²) < 4.78 is 26.4. The van der Waals surface area contributed by atoms with Crippen LogP contribution in [0, 0.1) is 0 Å². The highest BCUT2D eigenvalue weighted by Crippen LogP contribution is 2.11. The lowest BCUT2D eigenvalue weighted by Gasteiger charge is -2.08. The Balaban J connectivity index is 2.17. The Labute approximate surface area is 103 Å². The lowest BCUT2D eigenvalue weighted by atomic mass is 10.4. The van der Waals surface area contributed by atoms with Crippen LogP contribution in [0.1, 0.15) is 31.5 Å². The molecule has 0 bridgehead atoms. The van der Waals surface area contributed by atoms with Crippen LogP contribution in [0.3, 0.4) is 0 Å². The summed E-state index contributed by atoms with van der Waals surface area (Å²) in [5, 5.41) is 13.1. The highest BCUT2D eigenvalue weighted by atomic mass is 32.2. The number of nitrogens with zero attached hydrogens (tertiary/aromatic N) is 4. The third kappa shape index (κ3) is 2.54. The summed E-state index contributed by atoms with van der Waals surface area (Å²) in [6, 6.07) is -0.581. The fraction of sp³-hybridized carbons (Fsp3) is 0.500. The summed E-state index contributed by atoms with van der Waals surface area (Å²) >= 11 is 0. The topological polar surface area (TPSA) is 129 Å². The van der Waals surface area contributed by atoms with E-state index in [1.54, 1.807) is 6.92 Å². The molecule has 1 atom stereocenters. The molecule has 2 aromatic rings. The first-order valence-corrected chi connectivity index (χ1v) is 6.81. The number of rotatable bonds is 5. The highest BCUT2D eigenvalue weighted by Gasteiger charge is 2.22. The summed E-state index contributed by atoms with van der Waals surface area (Å²) in [4.78, 5) is 6.67. The van der Waals surface area contributed by atoms with Crippen molar-refractivity contribution < 1.29 is 8.42 Å². The second kappa shape index (κ2) is 4.82. The van der Waals surface area contributed by atoms with Gasteiger partial charge in [-0.1, -0.05) is 12.1 Å². The van der Waals surface area contributed by atoms with Gasteiger partial charge in [-0.15, -0.1) is 10.2 Å². The second-order valence-corrected chi connectivity index (χ2v) is 5.34. The molecule has 10 heteroatoms. The Morgan fingerprint density at radius 1 is 1.50 bits per heavy atom. The van der Waals surface area contributed by atoms with Gasteiger partial charge in [0.2, 0.25) is 0 Å². The fourth-order valence-electron chi connectivity index (χ4n) is 1.36. The summed E-state index contributed by atoms with van der Waals surface area (Å²) in [7, 11) is -3.66. The molecule has 0 aliphatic rings. The molecule has 2 aromatic heterocycles. The number of hydrogen-bond donors (Lipinski definition) is 3. The molecule has 98 valence electrons. The molecule has 3 N–H and O–H groups in total. The largest absolute Gasteiger partial charge is 0.332 e. The normalized spacial score (nSPS) is 13.7. The van der Waals surface area contributed by atoms with Gasteiger partial charge in [0.25, 0.3) is 10.0 Å². The summed E-state index contributed by atoms with van der Waals surface area (Å²) in [6.07, 6.45) is 1.92. The number of aryl methyl sites for hydroxylation is 1. The monoisotopic (exact) mass is 271 g/mol. The summed E-state index contributed by atoms with van der Waals surface area (Å²) in [5.74, 6) is 0.886. The molecule has 1 unspecified atom stereocenters. The van der Waals surface area contributed by atoms with Crippen molar-refractivity contribution in [3.05, 3.63) is 17.8 Å². The molecule has 0 aliphatic heterocycles. The predicted octanol–water partition coefficient (Wildman–Crippen LogP) is -0.475. The van der Waals surface area contributed by atoms with Crippen LogP contribution in [0.2, 0.25) is 0 Å². The van der Waals surface area contributed by atoms with Crippen molar-refractivity contribution in [2.24, 2.45) is 0 Å². The van der Waals surface area contributed by atoms with Crippen molar-refractivity contribution in [1.82, 2.24) is 35.3 Å². The minimum absolute atomic E-state index is 0.0229. The minimum atomic E-state index is -3.66. The fourth-order valence-corrected chi connectivity index (χ4v) is 2.50. The number of H-pyrrole nitrogens is 2. The van der Waals surface area contributed by atoms with Gasteiger partial charge >= 0.3 is 0 Å². The van der Waals surface area contributed by atoms with Gasteiger partial charge in [-0.05, 0) is 6.92 Å². The second-order valence-electron chi connectivity index (χ2n) is 3.66. The van der Waals surface area contributed by atoms with E-state index < -0.39 is 16.1 Å². The molecule has 0 amide bonds. The first kappa shape index (κ1) is 12.6. The molecule has 0 aromatic carbocycles. The molecule has 0 saturated heterocycles. The number of sulfonamides is 1. The lowest BCUT2D eigenvalue weighted by molar-refractivity contribution is 0.556. The highest BCUT2D eigenvalue weighted by molar-refractivity contribution is 7.89. The van der Waals surface area contributed by atoms with E-state index in [1.165, 1.54) is 6.20 Å². The van der Waals surface area contributed by atoms with Crippen molar-refractivity contribution in [2.75, 3.05) is 0 Å². The van der Waals surface area contributed by atoms with Crippen LogP contribution < -0.4 is 4.72 Å². The number of tetrazole rings is 1. The van der Waals surface area contributed by atoms with Gasteiger partial charge in [-0.25, -0.2) is 13.4 Å². The van der Waals surface area contributed by atoms with E-state index in [-0.39, 0.29) is 10.9 Å². The molecule has 2 rings (SSSR count). The molecule has 0 radical (unpaired) electrons. The number of aromatic amines is 2. The zero-order valence-corrected chi connectivity index (χ0v) is 10.7. The smallest absolute Gasteiger partial charge is 0.258 e. The third-order valence-electron chi connectivity index (χ3n) is 2.31. The molecule has 0 spiro atoms. The SMILES string of the molecule is CCc1ncc(S(=O)(=O)NC(C)c2nn[nH]n2)[nH]1. The predicted molar refractivity (Wildman–Crippen MR) is 60.9 cm³/mol. The van der Waals surface area contributed by atoms with Crippen LogP contribution in [0.4, 0.5) is 0 Å². The van der Waals surface area contributed by atoms with Crippen molar-refractivity contribution in [3.63, 3.8) is 0 Å². The van der Waals surface area contributed by atoms with Gasteiger partial charge in [0.05, 0.1) is 12.2 Å². The van der Waals surface area contributed by atoms with Gasteiger partial charge in [0.1, 0.15) is 5.82 Å². The van der Waals surface area contributed by atoms with Crippen molar-refractivity contribution in [2.45, 2.75) is 31.3 Å². The average molecular weight is 271 g/mol. The molecule has 0 fully saturated rings. The molecule has 18 heavy (non-hydrogen) atoms. The van der Waals surface area contributed by atoms with E-state index >= 15 is 0 Å². The first-order valence-electron chi connectivity index (χ1n) is 5.32. The molecule has 0 saturated carbocycles. The van der Waals surface area contributed by atoms with E-state index in [2.05, 4.69) is 35.3 Å². The molecule has 2 heterocycles.